The Morgan fingerprint density at radius 2 is 1.88 bits per heavy atom. The van der Waals surface area contributed by atoms with Crippen molar-refractivity contribution in [3.05, 3.63) is 34.2 Å². The maximum Gasteiger partial charge on any atom is 0.119 e. The van der Waals surface area contributed by atoms with Crippen LogP contribution >= 0.6 is 11.3 Å². The van der Waals surface area contributed by atoms with Crippen LogP contribution in [0.3, 0.4) is 0 Å². The fraction of sp³-hybridized carbons (Fsp3) is 0.357. The maximum absolute atomic E-state index is 5.20. The molecule has 1 aromatic carbocycles. The molecule has 0 saturated carbocycles. The minimum atomic E-state index is 0.873. The smallest absolute Gasteiger partial charge is 0.119 e. The van der Waals surface area contributed by atoms with Gasteiger partial charge in [-0.15, -0.1) is 11.3 Å². The summed E-state index contributed by atoms with van der Waals surface area (Å²) in [7, 11) is 1.68. The second-order valence-corrected chi connectivity index (χ2v) is 4.78. The lowest BCUT2D eigenvalue weighted by Gasteiger charge is -2.02. The van der Waals surface area contributed by atoms with Crippen LogP contribution in [0, 0.1) is 13.8 Å². The SMILES string of the molecule is CC.COc1cccc(-c2nc(C)sc2C)c1. The molecule has 0 saturated heterocycles. The largest absolute Gasteiger partial charge is 0.497 e. The van der Waals surface area contributed by atoms with E-state index in [0.717, 1.165) is 22.0 Å². The number of benzene rings is 1. The third-order valence-corrected chi connectivity index (χ3v) is 3.13. The zero-order valence-corrected chi connectivity index (χ0v) is 11.9. The predicted octanol–water partition coefficient (Wildman–Crippen LogP) is 4.46. The number of nitrogens with zero attached hydrogens (tertiary/aromatic N) is 1. The lowest BCUT2D eigenvalue weighted by molar-refractivity contribution is 0.415. The van der Waals surface area contributed by atoms with E-state index in [-0.39, 0.29) is 0 Å². The highest BCUT2D eigenvalue weighted by atomic mass is 32.1. The molecular weight excluding hydrogens is 230 g/mol. The van der Waals surface area contributed by atoms with E-state index in [1.165, 1.54) is 4.88 Å². The fourth-order valence-corrected chi connectivity index (χ4v) is 2.41. The summed E-state index contributed by atoms with van der Waals surface area (Å²) in [6, 6.07) is 8.01. The molecule has 2 rings (SSSR count). The Bertz CT molecular complexity index is 477. The first-order chi connectivity index (χ1) is 8.20. The van der Waals surface area contributed by atoms with Crippen LogP contribution in [-0.4, -0.2) is 12.1 Å². The lowest BCUT2D eigenvalue weighted by Crippen LogP contribution is -1.85. The second kappa shape index (κ2) is 6.40. The average Bonchev–Trinajstić information content (AvgIpc) is 2.71. The molecule has 92 valence electrons. The van der Waals surface area contributed by atoms with Crippen molar-refractivity contribution < 1.29 is 4.74 Å². The van der Waals surface area contributed by atoms with Gasteiger partial charge in [-0.3, -0.25) is 0 Å². The van der Waals surface area contributed by atoms with Crippen LogP contribution in [-0.2, 0) is 0 Å². The number of thiazole rings is 1. The van der Waals surface area contributed by atoms with E-state index in [2.05, 4.69) is 18.0 Å². The summed E-state index contributed by atoms with van der Waals surface area (Å²) in [5.74, 6) is 0.873. The van der Waals surface area contributed by atoms with Crippen molar-refractivity contribution in [1.82, 2.24) is 4.98 Å². The van der Waals surface area contributed by atoms with Crippen LogP contribution in [0.25, 0.3) is 11.3 Å². The molecule has 0 fully saturated rings. The van der Waals surface area contributed by atoms with Crippen LogP contribution in [0.5, 0.6) is 5.75 Å². The topological polar surface area (TPSA) is 22.1 Å². The molecule has 2 nitrogen and oxygen atoms in total. The Morgan fingerprint density at radius 3 is 2.41 bits per heavy atom. The van der Waals surface area contributed by atoms with Crippen molar-refractivity contribution in [2.45, 2.75) is 27.7 Å². The Labute approximate surface area is 107 Å². The predicted molar refractivity (Wildman–Crippen MR) is 74.9 cm³/mol. The maximum atomic E-state index is 5.20. The van der Waals surface area contributed by atoms with Gasteiger partial charge >= 0.3 is 0 Å². The summed E-state index contributed by atoms with van der Waals surface area (Å²) in [4.78, 5) is 5.77. The second-order valence-electron chi connectivity index (χ2n) is 3.37. The van der Waals surface area contributed by atoms with Crippen LogP contribution in [0.15, 0.2) is 24.3 Å². The Balaban J connectivity index is 0.000000686. The minimum Gasteiger partial charge on any atom is -0.497 e. The lowest BCUT2D eigenvalue weighted by atomic mass is 10.1. The van der Waals surface area contributed by atoms with Gasteiger partial charge in [-0.1, -0.05) is 26.0 Å². The van der Waals surface area contributed by atoms with Crippen LogP contribution in [0.1, 0.15) is 23.7 Å². The third-order valence-electron chi connectivity index (χ3n) is 2.25. The van der Waals surface area contributed by atoms with Gasteiger partial charge in [0, 0.05) is 10.4 Å². The number of ether oxygens (including phenoxy) is 1. The van der Waals surface area contributed by atoms with E-state index in [4.69, 9.17) is 4.74 Å². The highest BCUT2D eigenvalue weighted by Crippen LogP contribution is 2.29. The Kier molecular flexibility index (Phi) is 5.16. The monoisotopic (exact) mass is 249 g/mol. The molecule has 3 heteroatoms. The van der Waals surface area contributed by atoms with E-state index >= 15 is 0 Å². The van der Waals surface area contributed by atoms with Gasteiger partial charge < -0.3 is 4.74 Å². The molecular formula is C14H19NOS. The standard InChI is InChI=1S/C12H13NOS.C2H6/c1-8-12(13-9(2)15-8)10-5-4-6-11(7-10)14-3;1-2/h4-7H,1-3H3;1-2H3. The highest BCUT2D eigenvalue weighted by molar-refractivity contribution is 7.11. The molecule has 0 radical (unpaired) electrons. The number of methoxy groups -OCH3 is 1. The molecule has 0 spiro atoms. The molecule has 0 N–H and O–H groups in total. The van der Waals surface area contributed by atoms with Crippen molar-refractivity contribution in [1.29, 1.82) is 0 Å². The van der Waals surface area contributed by atoms with Crippen LogP contribution in [0.2, 0.25) is 0 Å². The summed E-state index contributed by atoms with van der Waals surface area (Å²) in [6.45, 7) is 8.13. The Morgan fingerprint density at radius 1 is 1.18 bits per heavy atom. The molecule has 0 bridgehead atoms. The van der Waals surface area contributed by atoms with Crippen LogP contribution in [0.4, 0.5) is 0 Å². The quantitative estimate of drug-likeness (QED) is 0.784. The summed E-state index contributed by atoms with van der Waals surface area (Å²) >= 11 is 1.73. The number of hydrogen-bond acceptors (Lipinski definition) is 3. The molecule has 1 aromatic heterocycles. The molecule has 0 unspecified atom stereocenters. The molecule has 0 aliphatic heterocycles. The zero-order valence-electron chi connectivity index (χ0n) is 11.1. The summed E-state index contributed by atoms with van der Waals surface area (Å²) in [5, 5.41) is 1.10. The van der Waals surface area contributed by atoms with Gasteiger partial charge in [0.05, 0.1) is 17.8 Å². The van der Waals surface area contributed by atoms with Gasteiger partial charge in [-0.2, -0.15) is 0 Å². The fourth-order valence-electron chi connectivity index (χ4n) is 1.57. The van der Waals surface area contributed by atoms with Gasteiger partial charge in [0.25, 0.3) is 0 Å². The number of aromatic nitrogens is 1. The summed E-state index contributed by atoms with van der Waals surface area (Å²) < 4.78 is 5.20. The number of rotatable bonds is 2. The van der Waals surface area contributed by atoms with Gasteiger partial charge in [-0.05, 0) is 26.0 Å². The van der Waals surface area contributed by atoms with Crippen molar-refractivity contribution in [3.8, 4) is 17.0 Å². The highest BCUT2D eigenvalue weighted by Gasteiger charge is 2.07. The van der Waals surface area contributed by atoms with Gasteiger partial charge in [0.1, 0.15) is 5.75 Å². The van der Waals surface area contributed by atoms with Crippen molar-refractivity contribution in [2.24, 2.45) is 0 Å². The molecule has 17 heavy (non-hydrogen) atoms. The molecule has 0 amide bonds. The van der Waals surface area contributed by atoms with Crippen molar-refractivity contribution in [2.75, 3.05) is 7.11 Å². The summed E-state index contributed by atoms with van der Waals surface area (Å²) in [5.41, 5.74) is 2.19. The van der Waals surface area contributed by atoms with Gasteiger partial charge in [0.2, 0.25) is 0 Å². The van der Waals surface area contributed by atoms with E-state index in [1.54, 1.807) is 18.4 Å². The normalized spacial score (nSPS) is 9.47. The van der Waals surface area contributed by atoms with Crippen molar-refractivity contribution >= 4 is 11.3 Å². The molecule has 0 aliphatic carbocycles. The third kappa shape index (κ3) is 3.30. The first kappa shape index (κ1) is 13.7. The minimum absolute atomic E-state index is 0.873. The van der Waals surface area contributed by atoms with Gasteiger partial charge in [-0.25, -0.2) is 4.98 Å². The number of hydrogen-bond donors (Lipinski definition) is 0. The van der Waals surface area contributed by atoms with E-state index in [1.807, 2.05) is 39.0 Å². The van der Waals surface area contributed by atoms with E-state index in [9.17, 15) is 0 Å². The first-order valence-corrected chi connectivity index (χ1v) is 6.61. The molecule has 0 aliphatic rings. The van der Waals surface area contributed by atoms with Crippen LogP contribution < -0.4 is 4.74 Å². The Hall–Kier alpha value is -1.35. The number of aryl methyl sites for hydroxylation is 2. The average molecular weight is 249 g/mol. The molecule has 0 atom stereocenters. The summed E-state index contributed by atoms with van der Waals surface area (Å²) in [6.07, 6.45) is 0. The van der Waals surface area contributed by atoms with Crippen molar-refractivity contribution in [3.63, 3.8) is 0 Å². The zero-order chi connectivity index (χ0) is 12.8. The molecule has 1 heterocycles. The van der Waals surface area contributed by atoms with E-state index < -0.39 is 0 Å². The first-order valence-electron chi connectivity index (χ1n) is 5.79. The molecule has 2 aromatic rings. The van der Waals surface area contributed by atoms with Gasteiger partial charge in [0.15, 0.2) is 0 Å². The van der Waals surface area contributed by atoms with E-state index in [0.29, 0.717) is 0 Å².